The van der Waals surface area contributed by atoms with Crippen LogP contribution in [0.4, 0.5) is 0 Å². The second-order valence-corrected chi connectivity index (χ2v) is 15.3. The molecule has 0 aliphatic heterocycles. The number of carbonyl (C=O) groups is 2. The zero-order valence-corrected chi connectivity index (χ0v) is 24.4. The first-order valence-electron chi connectivity index (χ1n) is 15.1. The maximum absolute atomic E-state index is 12.6. The van der Waals surface area contributed by atoms with Gasteiger partial charge in [-0.1, -0.05) is 34.6 Å². The van der Waals surface area contributed by atoms with Crippen LogP contribution < -0.4 is 0 Å². The third-order valence-corrected chi connectivity index (χ3v) is 11.8. The Hall–Kier alpha value is -0.900. The summed E-state index contributed by atoms with van der Waals surface area (Å²) in [6, 6.07) is 0. The topological polar surface area (TPSA) is 63.6 Å². The molecule has 4 nitrogen and oxygen atoms in total. The summed E-state index contributed by atoms with van der Waals surface area (Å²) in [5.74, 6) is 3.81. The predicted molar refractivity (Wildman–Crippen MR) is 144 cm³/mol. The minimum atomic E-state index is -0.467. The standard InChI is InChI=1S/C32H54O4/c1-19(2)27(36-29(35)30(4,5)6)12-9-20(3)23-10-11-24-28-25(14-16-32(23,24)8)31(7)15-13-22(33)17-21(31)18-26(28)34/h19-21,23-28,34H,9-18H2,1-8H3/t20-,21-,23-,24+,25+,26-,27-,28+,31+,32-/m1/s1. The molecular formula is C32H54O4. The predicted octanol–water partition coefficient (Wildman–Crippen LogP) is 7.22. The molecule has 4 rings (SSSR count). The average molecular weight is 503 g/mol. The molecule has 4 fully saturated rings. The molecule has 0 aromatic rings. The minimum absolute atomic E-state index is 0.0222. The van der Waals surface area contributed by atoms with Crippen molar-refractivity contribution in [2.75, 3.05) is 0 Å². The first-order valence-corrected chi connectivity index (χ1v) is 15.1. The molecule has 10 atom stereocenters. The van der Waals surface area contributed by atoms with E-state index in [1.165, 1.54) is 25.7 Å². The van der Waals surface area contributed by atoms with Crippen molar-refractivity contribution in [3.8, 4) is 0 Å². The smallest absolute Gasteiger partial charge is 0.311 e. The molecule has 0 bridgehead atoms. The Kier molecular flexibility index (Phi) is 7.82. The van der Waals surface area contributed by atoms with Crippen LogP contribution in [-0.2, 0) is 14.3 Å². The third-order valence-electron chi connectivity index (χ3n) is 11.8. The highest BCUT2D eigenvalue weighted by atomic mass is 16.5. The van der Waals surface area contributed by atoms with Crippen LogP contribution in [0.5, 0.6) is 0 Å². The van der Waals surface area contributed by atoms with E-state index in [9.17, 15) is 14.7 Å². The molecular weight excluding hydrogens is 448 g/mol. The van der Waals surface area contributed by atoms with E-state index < -0.39 is 5.41 Å². The molecule has 0 saturated heterocycles. The number of fused-ring (bicyclic) bond motifs is 5. The van der Waals surface area contributed by atoms with Gasteiger partial charge in [0.15, 0.2) is 0 Å². The van der Waals surface area contributed by atoms with E-state index in [-0.39, 0.29) is 29.0 Å². The van der Waals surface area contributed by atoms with E-state index in [1.54, 1.807) is 0 Å². The van der Waals surface area contributed by atoms with Gasteiger partial charge in [0, 0.05) is 12.8 Å². The Morgan fingerprint density at radius 1 is 1.03 bits per heavy atom. The molecule has 0 unspecified atom stereocenters. The lowest BCUT2D eigenvalue weighted by atomic mass is 9.44. The summed E-state index contributed by atoms with van der Waals surface area (Å²) < 4.78 is 5.98. The van der Waals surface area contributed by atoms with E-state index in [2.05, 4.69) is 34.6 Å². The second-order valence-electron chi connectivity index (χ2n) is 15.3. The number of hydrogen-bond acceptors (Lipinski definition) is 4. The fraction of sp³-hybridized carbons (Fsp3) is 0.938. The van der Waals surface area contributed by atoms with Crippen LogP contribution in [0.15, 0.2) is 0 Å². The Morgan fingerprint density at radius 3 is 2.33 bits per heavy atom. The lowest BCUT2D eigenvalue weighted by molar-refractivity contribution is -0.169. The number of aliphatic hydroxyl groups excluding tert-OH is 1. The van der Waals surface area contributed by atoms with Gasteiger partial charge in [0.05, 0.1) is 11.5 Å². The van der Waals surface area contributed by atoms with Crippen LogP contribution in [0.2, 0.25) is 0 Å². The van der Waals surface area contributed by atoms with Gasteiger partial charge in [-0.15, -0.1) is 0 Å². The fourth-order valence-corrected chi connectivity index (χ4v) is 9.46. The van der Waals surface area contributed by atoms with Gasteiger partial charge in [0.25, 0.3) is 0 Å². The van der Waals surface area contributed by atoms with Crippen molar-refractivity contribution in [1.29, 1.82) is 0 Å². The summed E-state index contributed by atoms with van der Waals surface area (Å²) in [5, 5.41) is 11.5. The lowest BCUT2D eigenvalue weighted by Gasteiger charge is -2.62. The monoisotopic (exact) mass is 502 g/mol. The molecule has 1 N–H and O–H groups in total. The Bertz CT molecular complexity index is 827. The summed E-state index contributed by atoms with van der Waals surface area (Å²) in [6.45, 7) is 17.5. The van der Waals surface area contributed by atoms with Gasteiger partial charge in [-0.05, 0) is 124 Å². The lowest BCUT2D eigenvalue weighted by Crippen LogP contribution is -2.58. The largest absolute Gasteiger partial charge is 0.462 e. The van der Waals surface area contributed by atoms with Gasteiger partial charge >= 0.3 is 5.97 Å². The molecule has 4 aliphatic rings. The molecule has 36 heavy (non-hydrogen) atoms. The van der Waals surface area contributed by atoms with E-state index in [0.29, 0.717) is 53.6 Å². The van der Waals surface area contributed by atoms with Crippen LogP contribution in [0, 0.1) is 57.7 Å². The maximum atomic E-state index is 12.6. The van der Waals surface area contributed by atoms with E-state index in [0.717, 1.165) is 32.1 Å². The summed E-state index contributed by atoms with van der Waals surface area (Å²) in [7, 11) is 0. The summed E-state index contributed by atoms with van der Waals surface area (Å²) >= 11 is 0. The molecule has 4 saturated carbocycles. The van der Waals surface area contributed by atoms with E-state index in [4.69, 9.17) is 4.74 Å². The van der Waals surface area contributed by atoms with Crippen molar-refractivity contribution in [2.45, 2.75) is 132 Å². The molecule has 0 amide bonds. The van der Waals surface area contributed by atoms with Gasteiger partial charge in [0.2, 0.25) is 0 Å². The molecule has 4 heteroatoms. The number of carbonyl (C=O) groups excluding carboxylic acids is 2. The van der Waals surface area contributed by atoms with Crippen molar-refractivity contribution in [2.24, 2.45) is 57.7 Å². The van der Waals surface area contributed by atoms with Crippen LogP contribution in [-0.4, -0.2) is 29.1 Å². The fourth-order valence-electron chi connectivity index (χ4n) is 9.46. The van der Waals surface area contributed by atoms with Crippen molar-refractivity contribution in [3.63, 3.8) is 0 Å². The van der Waals surface area contributed by atoms with Crippen molar-refractivity contribution < 1.29 is 19.4 Å². The minimum Gasteiger partial charge on any atom is -0.462 e. The third kappa shape index (κ3) is 4.94. The van der Waals surface area contributed by atoms with Gasteiger partial charge in [0.1, 0.15) is 11.9 Å². The van der Waals surface area contributed by atoms with Crippen LogP contribution in [0.1, 0.15) is 120 Å². The van der Waals surface area contributed by atoms with E-state index >= 15 is 0 Å². The number of aliphatic hydroxyl groups is 1. The number of Topliss-reactive ketones (excluding diaryl/α,β-unsaturated/α-hetero) is 1. The van der Waals surface area contributed by atoms with Crippen LogP contribution in [0.25, 0.3) is 0 Å². The number of esters is 1. The van der Waals surface area contributed by atoms with Crippen molar-refractivity contribution >= 4 is 11.8 Å². The Balaban J connectivity index is 1.44. The van der Waals surface area contributed by atoms with Gasteiger partial charge in [-0.2, -0.15) is 0 Å². The highest BCUT2D eigenvalue weighted by molar-refractivity contribution is 5.79. The zero-order valence-electron chi connectivity index (χ0n) is 24.4. The average Bonchev–Trinajstić information content (AvgIpc) is 3.13. The summed E-state index contributed by atoms with van der Waals surface area (Å²) in [4.78, 5) is 24.8. The molecule has 0 radical (unpaired) electrons. The SMILES string of the molecule is CC(C)[C@@H](CC[C@@H](C)[C@H]1CC[C@H]2[C@@H]3[C@H](O)C[C@H]4CC(=O)CC[C@]4(C)[C@H]3CC[C@]12C)OC(=O)C(C)(C)C. The molecule has 0 spiro atoms. The molecule has 0 heterocycles. The van der Waals surface area contributed by atoms with Crippen molar-refractivity contribution in [3.05, 3.63) is 0 Å². The van der Waals surface area contributed by atoms with Gasteiger partial charge in [-0.25, -0.2) is 0 Å². The summed E-state index contributed by atoms with van der Waals surface area (Å²) in [5.41, 5.74) is 0.0422. The number of rotatable bonds is 6. The summed E-state index contributed by atoms with van der Waals surface area (Å²) in [6.07, 6.45) is 9.97. The first kappa shape index (κ1) is 28.1. The first-order chi connectivity index (χ1) is 16.7. The molecule has 4 aliphatic carbocycles. The molecule has 0 aromatic carbocycles. The van der Waals surface area contributed by atoms with E-state index in [1.807, 2.05) is 20.8 Å². The van der Waals surface area contributed by atoms with Crippen LogP contribution in [0.3, 0.4) is 0 Å². The number of ether oxygens (including phenoxy) is 1. The normalized spacial score (nSPS) is 42.3. The van der Waals surface area contributed by atoms with Crippen molar-refractivity contribution in [1.82, 2.24) is 0 Å². The van der Waals surface area contributed by atoms with Crippen LogP contribution >= 0.6 is 0 Å². The molecule has 206 valence electrons. The highest BCUT2D eigenvalue weighted by Gasteiger charge is 2.62. The quantitative estimate of drug-likeness (QED) is 0.390. The number of hydrogen-bond donors (Lipinski definition) is 1. The molecule has 0 aromatic heterocycles. The Labute approximate surface area is 220 Å². The van der Waals surface area contributed by atoms with Gasteiger partial charge < -0.3 is 9.84 Å². The number of ketones is 1. The zero-order chi connectivity index (χ0) is 26.6. The highest BCUT2D eigenvalue weighted by Crippen LogP contribution is 2.68. The Morgan fingerprint density at radius 2 is 1.69 bits per heavy atom. The second kappa shape index (κ2) is 10.0. The maximum Gasteiger partial charge on any atom is 0.311 e. The van der Waals surface area contributed by atoms with Gasteiger partial charge in [-0.3, -0.25) is 9.59 Å².